The molecule has 2 aromatic rings. The zero-order valence-electron chi connectivity index (χ0n) is 17.5. The first-order chi connectivity index (χ1) is 13.4. The SMILES string of the molecule is CC1CCCN(c2ccc(C(C)NC(=S)Nc3ccc(C(C)C)cc3)cc2)C1. The number of thiocarbonyl (C=S) groups is 1. The molecule has 2 atom stereocenters. The van der Waals surface area contributed by atoms with E-state index in [-0.39, 0.29) is 6.04 Å². The highest BCUT2D eigenvalue weighted by atomic mass is 32.1. The van der Waals surface area contributed by atoms with Gasteiger partial charge in [0.15, 0.2) is 5.11 Å². The summed E-state index contributed by atoms with van der Waals surface area (Å²) in [6.07, 6.45) is 2.64. The summed E-state index contributed by atoms with van der Waals surface area (Å²) >= 11 is 5.51. The second kappa shape index (κ2) is 9.42. The van der Waals surface area contributed by atoms with Gasteiger partial charge in [-0.05, 0) is 79.2 Å². The molecule has 28 heavy (non-hydrogen) atoms. The van der Waals surface area contributed by atoms with Crippen molar-refractivity contribution in [3.63, 3.8) is 0 Å². The average Bonchev–Trinajstić information content (AvgIpc) is 2.68. The normalized spacial score (nSPS) is 18.0. The van der Waals surface area contributed by atoms with E-state index < -0.39 is 0 Å². The predicted octanol–water partition coefficient (Wildman–Crippen LogP) is 6.09. The van der Waals surface area contributed by atoms with E-state index in [1.54, 1.807) is 0 Å². The molecule has 3 rings (SSSR count). The molecule has 0 saturated carbocycles. The molecule has 150 valence electrons. The quantitative estimate of drug-likeness (QED) is 0.599. The minimum absolute atomic E-state index is 0.157. The highest BCUT2D eigenvalue weighted by molar-refractivity contribution is 7.80. The van der Waals surface area contributed by atoms with E-state index in [1.807, 2.05) is 0 Å². The van der Waals surface area contributed by atoms with Gasteiger partial charge in [-0.3, -0.25) is 0 Å². The van der Waals surface area contributed by atoms with Crippen LogP contribution in [0, 0.1) is 5.92 Å². The van der Waals surface area contributed by atoms with Crippen molar-refractivity contribution in [3.8, 4) is 0 Å². The first-order valence-corrected chi connectivity index (χ1v) is 10.9. The number of hydrogen-bond acceptors (Lipinski definition) is 2. The van der Waals surface area contributed by atoms with E-state index >= 15 is 0 Å². The summed E-state index contributed by atoms with van der Waals surface area (Å²) in [6, 6.07) is 17.5. The van der Waals surface area contributed by atoms with Gasteiger partial charge in [0.05, 0.1) is 6.04 Å². The Hall–Kier alpha value is -2.07. The van der Waals surface area contributed by atoms with Gasteiger partial charge in [0.1, 0.15) is 0 Å². The Morgan fingerprint density at radius 1 is 1.00 bits per heavy atom. The van der Waals surface area contributed by atoms with E-state index in [1.165, 1.54) is 36.2 Å². The van der Waals surface area contributed by atoms with Gasteiger partial charge in [0.2, 0.25) is 0 Å². The third kappa shape index (κ3) is 5.48. The lowest BCUT2D eigenvalue weighted by atomic mass is 9.99. The van der Waals surface area contributed by atoms with Gasteiger partial charge in [-0.1, -0.05) is 45.0 Å². The van der Waals surface area contributed by atoms with Crippen LogP contribution < -0.4 is 15.5 Å². The molecule has 3 nitrogen and oxygen atoms in total. The fourth-order valence-corrected chi connectivity index (χ4v) is 4.09. The van der Waals surface area contributed by atoms with Crippen molar-refractivity contribution >= 4 is 28.7 Å². The molecule has 1 aliphatic heterocycles. The van der Waals surface area contributed by atoms with Crippen LogP contribution >= 0.6 is 12.2 Å². The van der Waals surface area contributed by atoms with Crippen LogP contribution in [0.4, 0.5) is 11.4 Å². The number of piperidine rings is 1. The van der Waals surface area contributed by atoms with Gasteiger partial charge < -0.3 is 15.5 Å². The van der Waals surface area contributed by atoms with Crippen LogP contribution in [0.2, 0.25) is 0 Å². The van der Waals surface area contributed by atoms with Gasteiger partial charge in [0.25, 0.3) is 0 Å². The number of nitrogens with one attached hydrogen (secondary N) is 2. The van der Waals surface area contributed by atoms with Crippen molar-refractivity contribution in [2.45, 2.75) is 52.5 Å². The predicted molar refractivity (Wildman–Crippen MR) is 125 cm³/mol. The summed E-state index contributed by atoms with van der Waals surface area (Å²) in [6.45, 7) is 11.2. The van der Waals surface area contributed by atoms with Crippen LogP contribution in [-0.4, -0.2) is 18.2 Å². The monoisotopic (exact) mass is 395 g/mol. The third-order valence-corrected chi connectivity index (χ3v) is 5.82. The Balaban J connectivity index is 1.54. The van der Waals surface area contributed by atoms with Gasteiger partial charge in [-0.15, -0.1) is 0 Å². The average molecular weight is 396 g/mol. The minimum Gasteiger partial charge on any atom is -0.371 e. The summed E-state index contributed by atoms with van der Waals surface area (Å²) in [5.74, 6) is 1.32. The van der Waals surface area contributed by atoms with Crippen molar-refractivity contribution in [1.82, 2.24) is 5.32 Å². The fourth-order valence-electron chi connectivity index (χ4n) is 3.80. The van der Waals surface area contributed by atoms with Gasteiger partial charge in [-0.25, -0.2) is 0 Å². The maximum atomic E-state index is 5.51. The standard InChI is InChI=1S/C24H33N3S/c1-17(2)20-7-11-22(12-8-20)26-24(28)25-19(4)21-9-13-23(14-10-21)27-15-5-6-18(3)16-27/h7-14,17-19H,5-6,15-16H2,1-4H3,(H2,25,26,28). The van der Waals surface area contributed by atoms with Crippen LogP contribution in [0.5, 0.6) is 0 Å². The Labute approximate surface area is 175 Å². The zero-order valence-corrected chi connectivity index (χ0v) is 18.4. The Bertz CT molecular complexity index is 767. The maximum Gasteiger partial charge on any atom is 0.171 e. The summed E-state index contributed by atoms with van der Waals surface area (Å²) in [4.78, 5) is 2.50. The van der Waals surface area contributed by atoms with E-state index in [9.17, 15) is 0 Å². The Morgan fingerprint density at radius 2 is 1.64 bits per heavy atom. The highest BCUT2D eigenvalue weighted by Gasteiger charge is 2.17. The smallest absolute Gasteiger partial charge is 0.171 e. The number of hydrogen-bond donors (Lipinski definition) is 2. The van der Waals surface area contributed by atoms with E-state index in [2.05, 4.69) is 91.8 Å². The van der Waals surface area contributed by atoms with Crippen LogP contribution in [0.3, 0.4) is 0 Å². The summed E-state index contributed by atoms with van der Waals surface area (Å²) in [5, 5.41) is 7.34. The van der Waals surface area contributed by atoms with Crippen molar-refractivity contribution in [2.75, 3.05) is 23.3 Å². The second-order valence-electron chi connectivity index (χ2n) is 8.38. The maximum absolute atomic E-state index is 5.51. The molecule has 0 spiro atoms. The third-order valence-electron chi connectivity index (χ3n) is 5.60. The molecule has 1 saturated heterocycles. The van der Waals surface area contributed by atoms with Crippen molar-refractivity contribution in [2.24, 2.45) is 5.92 Å². The lowest BCUT2D eigenvalue weighted by Gasteiger charge is -2.33. The van der Waals surface area contributed by atoms with Crippen LogP contribution in [0.15, 0.2) is 48.5 Å². The minimum atomic E-state index is 0.157. The van der Waals surface area contributed by atoms with Crippen LogP contribution in [0.1, 0.15) is 63.6 Å². The van der Waals surface area contributed by atoms with E-state index in [0.29, 0.717) is 11.0 Å². The molecule has 0 aliphatic carbocycles. The van der Waals surface area contributed by atoms with Gasteiger partial charge >= 0.3 is 0 Å². The largest absolute Gasteiger partial charge is 0.371 e. The Morgan fingerprint density at radius 3 is 2.25 bits per heavy atom. The highest BCUT2D eigenvalue weighted by Crippen LogP contribution is 2.25. The van der Waals surface area contributed by atoms with E-state index in [4.69, 9.17) is 12.2 Å². The van der Waals surface area contributed by atoms with Crippen LogP contribution in [-0.2, 0) is 0 Å². The molecule has 4 heteroatoms. The van der Waals surface area contributed by atoms with Gasteiger partial charge in [-0.2, -0.15) is 0 Å². The van der Waals surface area contributed by atoms with Gasteiger partial charge in [0, 0.05) is 24.5 Å². The molecule has 2 unspecified atom stereocenters. The molecule has 1 heterocycles. The number of rotatable bonds is 5. The van der Waals surface area contributed by atoms with Crippen molar-refractivity contribution in [1.29, 1.82) is 0 Å². The molecule has 1 aliphatic rings. The fraction of sp³-hybridized carbons (Fsp3) is 0.458. The Kier molecular flexibility index (Phi) is 6.95. The second-order valence-corrected chi connectivity index (χ2v) is 8.79. The molecule has 2 aromatic carbocycles. The lowest BCUT2D eigenvalue weighted by molar-refractivity contribution is 0.447. The topological polar surface area (TPSA) is 27.3 Å². The lowest BCUT2D eigenvalue weighted by Crippen LogP contribution is -2.34. The van der Waals surface area contributed by atoms with Crippen molar-refractivity contribution < 1.29 is 0 Å². The summed E-state index contributed by atoms with van der Waals surface area (Å²) in [5.41, 5.74) is 4.92. The summed E-state index contributed by atoms with van der Waals surface area (Å²) < 4.78 is 0. The first kappa shape index (κ1) is 20.7. The number of anilines is 2. The molecule has 2 N–H and O–H groups in total. The molecular formula is C24H33N3S. The molecular weight excluding hydrogens is 362 g/mol. The zero-order chi connectivity index (χ0) is 20.1. The first-order valence-electron chi connectivity index (χ1n) is 10.4. The molecule has 0 bridgehead atoms. The van der Waals surface area contributed by atoms with Crippen LogP contribution in [0.25, 0.3) is 0 Å². The number of benzene rings is 2. The molecule has 1 fully saturated rings. The molecule has 0 radical (unpaired) electrons. The van der Waals surface area contributed by atoms with E-state index in [0.717, 1.165) is 18.2 Å². The number of nitrogens with zero attached hydrogens (tertiary/aromatic N) is 1. The molecule has 0 amide bonds. The van der Waals surface area contributed by atoms with Crippen molar-refractivity contribution in [3.05, 3.63) is 59.7 Å². The molecule has 0 aromatic heterocycles. The summed E-state index contributed by atoms with van der Waals surface area (Å²) in [7, 11) is 0.